The Kier molecular flexibility index (Phi) is 3.22. The van der Waals surface area contributed by atoms with E-state index in [2.05, 4.69) is 9.97 Å². The van der Waals surface area contributed by atoms with Crippen molar-refractivity contribution in [2.45, 2.75) is 6.61 Å². The maximum Gasteiger partial charge on any atom is 0.316 e. The predicted molar refractivity (Wildman–Crippen MR) is 62.2 cm³/mol. The Hall–Kier alpha value is -1.81. The Bertz CT molecular complexity index is 410. The van der Waals surface area contributed by atoms with Gasteiger partial charge in [-0.2, -0.15) is 0 Å². The summed E-state index contributed by atoms with van der Waals surface area (Å²) in [5.74, 6) is 0. The van der Waals surface area contributed by atoms with E-state index in [1.54, 1.807) is 0 Å². The van der Waals surface area contributed by atoms with Gasteiger partial charge in [-0.3, -0.25) is 0 Å². The van der Waals surface area contributed by atoms with Gasteiger partial charge in [-0.1, -0.05) is 23.7 Å². The van der Waals surface area contributed by atoms with Crippen LogP contribution in [-0.4, -0.2) is 9.97 Å². The Labute approximate surface area is 98.0 Å². The molecule has 0 radical (unpaired) electrons. The number of halogens is 1. The van der Waals surface area contributed by atoms with Crippen LogP contribution in [0.4, 0.5) is 5.69 Å². The molecule has 1 heterocycles. The lowest BCUT2D eigenvalue weighted by Crippen LogP contribution is -1.99. The van der Waals surface area contributed by atoms with Crippen molar-refractivity contribution in [1.29, 1.82) is 0 Å². The first-order valence-corrected chi connectivity index (χ1v) is 5.06. The van der Waals surface area contributed by atoms with E-state index < -0.39 is 0 Å². The molecule has 4 nitrogen and oxygen atoms in total. The average molecular weight is 236 g/mol. The normalized spacial score (nSPS) is 10.1. The highest BCUT2D eigenvalue weighted by Gasteiger charge is 1.98. The van der Waals surface area contributed by atoms with Gasteiger partial charge in [-0.15, -0.1) is 0 Å². The van der Waals surface area contributed by atoms with E-state index in [0.29, 0.717) is 17.6 Å². The van der Waals surface area contributed by atoms with Crippen LogP contribution in [-0.2, 0) is 6.61 Å². The summed E-state index contributed by atoms with van der Waals surface area (Å²) < 4.78 is 5.37. The van der Waals surface area contributed by atoms with Crippen molar-refractivity contribution in [3.8, 4) is 6.01 Å². The van der Waals surface area contributed by atoms with Gasteiger partial charge in [-0.05, 0) is 17.7 Å². The van der Waals surface area contributed by atoms with E-state index in [9.17, 15) is 0 Å². The minimum absolute atomic E-state index is 0.307. The number of hydrogen-bond donors (Lipinski definition) is 1. The maximum atomic E-state index is 5.65. The minimum atomic E-state index is 0.307. The van der Waals surface area contributed by atoms with Crippen LogP contribution in [0.25, 0.3) is 0 Å². The van der Waals surface area contributed by atoms with Crippen molar-refractivity contribution in [1.82, 2.24) is 9.97 Å². The Morgan fingerprint density at radius 2 is 1.75 bits per heavy atom. The molecule has 0 aliphatic rings. The van der Waals surface area contributed by atoms with E-state index in [1.165, 1.54) is 12.4 Å². The molecule has 0 aliphatic carbocycles. The quantitative estimate of drug-likeness (QED) is 0.830. The lowest BCUT2D eigenvalue weighted by molar-refractivity contribution is 0.280. The summed E-state index contributed by atoms with van der Waals surface area (Å²) in [7, 11) is 0. The second-order valence-electron chi connectivity index (χ2n) is 3.21. The molecule has 2 aromatic rings. The molecule has 0 atom stereocenters. The van der Waals surface area contributed by atoms with Crippen LogP contribution in [0.15, 0.2) is 36.7 Å². The molecule has 0 unspecified atom stereocenters. The molecule has 1 aromatic carbocycles. The molecule has 0 spiro atoms. The smallest absolute Gasteiger partial charge is 0.316 e. The first-order chi connectivity index (χ1) is 7.74. The van der Waals surface area contributed by atoms with Crippen molar-refractivity contribution >= 4 is 17.3 Å². The summed E-state index contributed by atoms with van der Waals surface area (Å²) in [5, 5.41) is 0.486. The fraction of sp³-hybridized carbons (Fsp3) is 0.0909. The number of hydrogen-bond acceptors (Lipinski definition) is 4. The SMILES string of the molecule is Nc1ccc(COc2ncc(Cl)cn2)cc1. The summed E-state index contributed by atoms with van der Waals surface area (Å²) in [5.41, 5.74) is 7.31. The van der Waals surface area contributed by atoms with E-state index in [4.69, 9.17) is 22.1 Å². The van der Waals surface area contributed by atoms with Gasteiger partial charge >= 0.3 is 6.01 Å². The van der Waals surface area contributed by atoms with Gasteiger partial charge in [-0.25, -0.2) is 9.97 Å². The molecule has 0 saturated carbocycles. The third-order valence-electron chi connectivity index (χ3n) is 1.94. The van der Waals surface area contributed by atoms with Crippen LogP contribution in [0.5, 0.6) is 6.01 Å². The van der Waals surface area contributed by atoms with Crippen LogP contribution < -0.4 is 10.5 Å². The van der Waals surface area contributed by atoms with Crippen LogP contribution >= 0.6 is 11.6 Å². The number of nitrogen functional groups attached to an aromatic ring is 1. The molecule has 82 valence electrons. The Balaban J connectivity index is 1.97. The highest BCUT2D eigenvalue weighted by molar-refractivity contribution is 6.30. The van der Waals surface area contributed by atoms with Gasteiger partial charge in [0.2, 0.25) is 0 Å². The maximum absolute atomic E-state index is 5.65. The number of ether oxygens (including phenoxy) is 1. The highest BCUT2D eigenvalue weighted by Crippen LogP contribution is 2.10. The highest BCUT2D eigenvalue weighted by atomic mass is 35.5. The minimum Gasteiger partial charge on any atom is -0.459 e. The van der Waals surface area contributed by atoms with E-state index >= 15 is 0 Å². The average Bonchev–Trinajstić information content (AvgIpc) is 2.30. The monoisotopic (exact) mass is 235 g/mol. The van der Waals surface area contributed by atoms with Crippen LogP contribution in [0, 0.1) is 0 Å². The Morgan fingerprint density at radius 1 is 1.12 bits per heavy atom. The lowest BCUT2D eigenvalue weighted by atomic mass is 10.2. The first kappa shape index (κ1) is 10.7. The molecule has 0 amide bonds. The number of aromatic nitrogens is 2. The topological polar surface area (TPSA) is 61.0 Å². The molecule has 0 bridgehead atoms. The molecular formula is C11H10ClN3O. The van der Waals surface area contributed by atoms with E-state index in [1.807, 2.05) is 24.3 Å². The van der Waals surface area contributed by atoms with Crippen LogP contribution in [0.2, 0.25) is 5.02 Å². The van der Waals surface area contributed by atoms with Crippen LogP contribution in [0.3, 0.4) is 0 Å². The first-order valence-electron chi connectivity index (χ1n) is 4.69. The van der Waals surface area contributed by atoms with Crippen molar-refractivity contribution in [2.75, 3.05) is 5.73 Å². The molecule has 16 heavy (non-hydrogen) atoms. The van der Waals surface area contributed by atoms with Gasteiger partial charge in [0, 0.05) is 5.69 Å². The molecule has 0 fully saturated rings. The number of benzene rings is 1. The van der Waals surface area contributed by atoms with Gasteiger partial charge in [0.25, 0.3) is 0 Å². The summed E-state index contributed by atoms with van der Waals surface area (Å²) >= 11 is 5.65. The molecule has 0 saturated heterocycles. The standard InChI is InChI=1S/C11H10ClN3O/c12-9-5-14-11(15-6-9)16-7-8-1-3-10(13)4-2-8/h1-6H,7,13H2. The fourth-order valence-corrected chi connectivity index (χ4v) is 1.23. The van der Waals surface area contributed by atoms with E-state index in [0.717, 1.165) is 11.3 Å². The predicted octanol–water partition coefficient (Wildman–Crippen LogP) is 2.29. The molecule has 0 aliphatic heterocycles. The second kappa shape index (κ2) is 4.81. The molecule has 2 N–H and O–H groups in total. The molecule has 5 heteroatoms. The van der Waals surface area contributed by atoms with Gasteiger partial charge in [0.05, 0.1) is 17.4 Å². The number of nitrogens with two attached hydrogens (primary N) is 1. The zero-order chi connectivity index (χ0) is 11.4. The van der Waals surface area contributed by atoms with Gasteiger partial charge in [0.1, 0.15) is 6.61 Å². The largest absolute Gasteiger partial charge is 0.459 e. The zero-order valence-corrected chi connectivity index (χ0v) is 9.19. The van der Waals surface area contributed by atoms with Crippen molar-refractivity contribution < 1.29 is 4.74 Å². The fourth-order valence-electron chi connectivity index (χ4n) is 1.14. The number of rotatable bonds is 3. The van der Waals surface area contributed by atoms with Crippen molar-refractivity contribution in [2.24, 2.45) is 0 Å². The third-order valence-corrected chi connectivity index (χ3v) is 2.14. The summed E-state index contributed by atoms with van der Waals surface area (Å²) in [6.45, 7) is 0.405. The second-order valence-corrected chi connectivity index (χ2v) is 3.65. The Morgan fingerprint density at radius 3 is 2.38 bits per heavy atom. The summed E-state index contributed by atoms with van der Waals surface area (Å²) in [4.78, 5) is 7.84. The van der Waals surface area contributed by atoms with Crippen molar-refractivity contribution in [3.05, 3.63) is 47.2 Å². The number of anilines is 1. The van der Waals surface area contributed by atoms with Gasteiger partial charge in [0.15, 0.2) is 0 Å². The lowest BCUT2D eigenvalue weighted by Gasteiger charge is -2.04. The van der Waals surface area contributed by atoms with E-state index in [-0.39, 0.29) is 0 Å². The third kappa shape index (κ3) is 2.84. The number of nitrogens with zero attached hydrogens (tertiary/aromatic N) is 2. The van der Waals surface area contributed by atoms with Gasteiger partial charge < -0.3 is 10.5 Å². The molecule has 2 rings (SSSR count). The van der Waals surface area contributed by atoms with Crippen LogP contribution in [0.1, 0.15) is 5.56 Å². The molecular weight excluding hydrogens is 226 g/mol. The summed E-state index contributed by atoms with van der Waals surface area (Å²) in [6, 6.07) is 7.74. The zero-order valence-electron chi connectivity index (χ0n) is 8.43. The van der Waals surface area contributed by atoms with Crippen molar-refractivity contribution in [3.63, 3.8) is 0 Å². The summed E-state index contributed by atoms with van der Waals surface area (Å²) in [6.07, 6.45) is 2.99. The molecule has 1 aromatic heterocycles.